The van der Waals surface area contributed by atoms with Gasteiger partial charge in [0, 0.05) is 6.20 Å². The zero-order chi connectivity index (χ0) is 15.9. The largest absolute Gasteiger partial charge is 0.418 e. The van der Waals surface area contributed by atoms with E-state index in [2.05, 4.69) is 0 Å². The van der Waals surface area contributed by atoms with Gasteiger partial charge in [0.2, 0.25) is 0 Å². The van der Waals surface area contributed by atoms with Crippen molar-refractivity contribution in [2.45, 2.75) is 13.1 Å². The molecule has 2 nitrogen and oxygen atoms in total. The van der Waals surface area contributed by atoms with Gasteiger partial charge in [0.25, 0.3) is 0 Å². The van der Waals surface area contributed by atoms with E-state index in [9.17, 15) is 13.2 Å². The molecule has 5 heteroatoms. The van der Waals surface area contributed by atoms with E-state index in [1.807, 2.05) is 18.2 Å². The van der Waals surface area contributed by atoms with Gasteiger partial charge in [-0.3, -0.25) is 0 Å². The first-order chi connectivity index (χ1) is 10.4. The molecule has 0 spiro atoms. The maximum Gasteiger partial charge on any atom is 0.418 e. The van der Waals surface area contributed by atoms with E-state index in [1.54, 1.807) is 24.4 Å². The van der Waals surface area contributed by atoms with E-state index in [0.29, 0.717) is 5.52 Å². The van der Waals surface area contributed by atoms with Crippen molar-refractivity contribution < 1.29 is 13.2 Å². The fourth-order valence-corrected chi connectivity index (χ4v) is 2.67. The van der Waals surface area contributed by atoms with Crippen LogP contribution >= 0.6 is 0 Å². The lowest BCUT2D eigenvalue weighted by Crippen LogP contribution is -2.13. The highest BCUT2D eigenvalue weighted by Gasteiger charge is 2.36. The Hall–Kier alpha value is -2.74. The second-order valence-electron chi connectivity index (χ2n) is 4.99. The lowest BCUT2D eigenvalue weighted by molar-refractivity contribution is -0.137. The number of nitrogens with zero attached hydrogens (tertiary/aromatic N) is 2. The van der Waals surface area contributed by atoms with E-state index < -0.39 is 11.7 Å². The summed E-state index contributed by atoms with van der Waals surface area (Å²) in [5.41, 5.74) is -0.0620. The molecule has 0 unspecified atom stereocenters. The number of hydrogen-bond donors (Lipinski definition) is 0. The summed E-state index contributed by atoms with van der Waals surface area (Å²) in [7, 11) is 0. The van der Waals surface area contributed by atoms with Gasteiger partial charge in [-0.1, -0.05) is 18.2 Å². The number of alkyl halides is 3. The van der Waals surface area contributed by atoms with Crippen molar-refractivity contribution in [1.82, 2.24) is 4.57 Å². The summed E-state index contributed by atoms with van der Waals surface area (Å²) in [6.45, 7) is 1.33. The van der Waals surface area contributed by atoms with Crippen LogP contribution in [0.1, 0.15) is 16.7 Å². The van der Waals surface area contributed by atoms with Gasteiger partial charge in [-0.05, 0) is 42.1 Å². The van der Waals surface area contributed by atoms with Crippen LogP contribution in [0.25, 0.3) is 16.6 Å². The smallest absolute Gasteiger partial charge is 0.316 e. The van der Waals surface area contributed by atoms with Crippen molar-refractivity contribution in [3.63, 3.8) is 0 Å². The van der Waals surface area contributed by atoms with Gasteiger partial charge in [0.15, 0.2) is 0 Å². The molecule has 0 aliphatic carbocycles. The van der Waals surface area contributed by atoms with Crippen LogP contribution in [0.4, 0.5) is 13.2 Å². The van der Waals surface area contributed by atoms with E-state index in [4.69, 9.17) is 5.26 Å². The molecule has 0 N–H and O–H groups in total. The number of halogens is 3. The molecule has 0 saturated heterocycles. The maximum absolute atomic E-state index is 13.5. The average Bonchev–Trinajstić information content (AvgIpc) is 2.89. The number of benzene rings is 2. The Morgan fingerprint density at radius 3 is 2.45 bits per heavy atom. The van der Waals surface area contributed by atoms with E-state index >= 15 is 0 Å². The molecular weight excluding hydrogens is 289 g/mol. The fraction of sp³-hybridized carbons (Fsp3) is 0.118. The lowest BCUT2D eigenvalue weighted by Gasteiger charge is -2.18. The van der Waals surface area contributed by atoms with Crippen LogP contribution in [0.15, 0.2) is 48.7 Å². The number of fused-ring (bicyclic) bond motifs is 1. The maximum atomic E-state index is 13.5. The minimum atomic E-state index is -4.53. The van der Waals surface area contributed by atoms with Gasteiger partial charge in [0.1, 0.15) is 0 Å². The van der Waals surface area contributed by atoms with Gasteiger partial charge in [-0.2, -0.15) is 18.4 Å². The predicted octanol–water partition coefficient (Wildman–Crippen LogP) is 4.83. The Kier molecular flexibility index (Phi) is 3.18. The topological polar surface area (TPSA) is 28.7 Å². The summed E-state index contributed by atoms with van der Waals surface area (Å²) in [5.74, 6) is 0. The molecule has 2 aromatic carbocycles. The second kappa shape index (κ2) is 4.92. The summed E-state index contributed by atoms with van der Waals surface area (Å²) in [5, 5.41) is 9.84. The van der Waals surface area contributed by atoms with Gasteiger partial charge >= 0.3 is 6.18 Å². The lowest BCUT2D eigenvalue weighted by atomic mass is 10.0. The predicted molar refractivity (Wildman–Crippen MR) is 77.7 cm³/mol. The van der Waals surface area contributed by atoms with E-state index in [1.165, 1.54) is 23.6 Å². The molecule has 0 saturated carbocycles. The van der Waals surface area contributed by atoms with Crippen LogP contribution in [-0.4, -0.2) is 4.57 Å². The normalized spacial score (nSPS) is 11.6. The number of hydrogen-bond acceptors (Lipinski definition) is 1. The molecular formula is C17H11F3N2. The molecule has 0 radical (unpaired) electrons. The summed E-state index contributed by atoms with van der Waals surface area (Å²) in [6, 6.07) is 13.6. The van der Waals surface area contributed by atoms with Crippen molar-refractivity contribution in [2.24, 2.45) is 0 Å². The van der Waals surface area contributed by atoms with Crippen molar-refractivity contribution in [3.05, 3.63) is 65.4 Å². The minimum Gasteiger partial charge on any atom is -0.316 e. The Labute approximate surface area is 125 Å². The molecule has 3 rings (SSSR count). The number of rotatable bonds is 1. The monoisotopic (exact) mass is 300 g/mol. The fourth-order valence-electron chi connectivity index (χ4n) is 2.67. The molecule has 1 heterocycles. The SMILES string of the molecule is Cc1c(C#N)ccc(-n2ccc3ccccc32)c1C(F)(F)F. The number of aromatic nitrogens is 1. The van der Waals surface area contributed by atoms with Crippen molar-refractivity contribution in [3.8, 4) is 11.8 Å². The number of nitriles is 1. The van der Waals surface area contributed by atoms with Gasteiger partial charge < -0.3 is 4.57 Å². The van der Waals surface area contributed by atoms with Crippen LogP contribution < -0.4 is 0 Å². The first-order valence-corrected chi connectivity index (χ1v) is 6.61. The molecule has 1 aromatic heterocycles. The average molecular weight is 300 g/mol. The first-order valence-electron chi connectivity index (χ1n) is 6.61. The molecule has 0 aliphatic rings. The van der Waals surface area contributed by atoms with Crippen LogP contribution in [0, 0.1) is 18.3 Å². The quantitative estimate of drug-likeness (QED) is 0.633. The summed E-state index contributed by atoms with van der Waals surface area (Å²) in [4.78, 5) is 0. The summed E-state index contributed by atoms with van der Waals surface area (Å²) >= 11 is 0. The highest BCUT2D eigenvalue weighted by atomic mass is 19.4. The van der Waals surface area contributed by atoms with Crippen LogP contribution in [0.2, 0.25) is 0 Å². The Morgan fingerprint density at radius 2 is 1.77 bits per heavy atom. The minimum absolute atomic E-state index is 0.0326. The van der Waals surface area contributed by atoms with Crippen molar-refractivity contribution >= 4 is 10.9 Å². The molecule has 0 aliphatic heterocycles. The molecule has 110 valence electrons. The Balaban J connectivity index is 2.37. The first kappa shape index (κ1) is 14.2. The van der Waals surface area contributed by atoms with E-state index in [-0.39, 0.29) is 16.8 Å². The Morgan fingerprint density at radius 1 is 1.05 bits per heavy atom. The number of para-hydroxylation sites is 1. The molecule has 3 aromatic rings. The van der Waals surface area contributed by atoms with Crippen molar-refractivity contribution in [1.29, 1.82) is 5.26 Å². The van der Waals surface area contributed by atoms with Crippen LogP contribution in [0.3, 0.4) is 0 Å². The third kappa shape index (κ3) is 2.13. The highest BCUT2D eigenvalue weighted by molar-refractivity contribution is 5.82. The molecule has 0 fully saturated rings. The zero-order valence-electron chi connectivity index (χ0n) is 11.6. The highest BCUT2D eigenvalue weighted by Crippen LogP contribution is 2.38. The molecule has 0 atom stereocenters. The Bertz CT molecular complexity index is 898. The van der Waals surface area contributed by atoms with Crippen LogP contribution in [0.5, 0.6) is 0 Å². The molecule has 22 heavy (non-hydrogen) atoms. The molecule has 0 bridgehead atoms. The van der Waals surface area contributed by atoms with Gasteiger partial charge in [-0.15, -0.1) is 0 Å². The zero-order valence-corrected chi connectivity index (χ0v) is 11.6. The standard InChI is InChI=1S/C17H11F3N2/c1-11-13(10-21)6-7-15(16(11)17(18,19)20)22-9-8-12-4-2-3-5-14(12)22/h2-9H,1H3. The van der Waals surface area contributed by atoms with Gasteiger partial charge in [0.05, 0.1) is 28.4 Å². The van der Waals surface area contributed by atoms with Crippen molar-refractivity contribution in [2.75, 3.05) is 0 Å². The van der Waals surface area contributed by atoms with E-state index in [0.717, 1.165) is 5.39 Å². The third-order valence-corrected chi connectivity index (χ3v) is 3.71. The second-order valence-corrected chi connectivity index (χ2v) is 4.99. The third-order valence-electron chi connectivity index (χ3n) is 3.71. The van der Waals surface area contributed by atoms with Crippen LogP contribution in [-0.2, 0) is 6.18 Å². The van der Waals surface area contributed by atoms with Gasteiger partial charge in [-0.25, -0.2) is 0 Å². The summed E-state index contributed by atoms with van der Waals surface area (Å²) < 4.78 is 42.0. The molecule has 0 amide bonds. The summed E-state index contributed by atoms with van der Waals surface area (Å²) in [6.07, 6.45) is -2.92.